The standard InChI is InChI=1S/C16H22NO4/c1-3-20-15(18)14-11-8-12-17(14,16(19)21-4-2)13-9-6-5-7-10-13/h5-7,9-10,14H,3-4,8,11-12H2,1-2H3/q+1. The summed E-state index contributed by atoms with van der Waals surface area (Å²) in [6.45, 7) is 4.71. The molecule has 0 spiro atoms. The fourth-order valence-electron chi connectivity index (χ4n) is 3.01. The zero-order chi connectivity index (χ0) is 15.3. The number of ether oxygens (including phenoxy) is 2. The summed E-state index contributed by atoms with van der Waals surface area (Å²) in [5.41, 5.74) is 0.784. The predicted octanol–water partition coefficient (Wildman–Crippen LogP) is 2.88. The number of hydrogen-bond acceptors (Lipinski definition) is 4. The van der Waals surface area contributed by atoms with Crippen LogP contribution in [0.5, 0.6) is 0 Å². The molecule has 2 atom stereocenters. The average molecular weight is 292 g/mol. The molecular weight excluding hydrogens is 270 g/mol. The first-order valence-corrected chi connectivity index (χ1v) is 7.44. The van der Waals surface area contributed by atoms with E-state index in [9.17, 15) is 9.59 Å². The lowest BCUT2D eigenvalue weighted by Crippen LogP contribution is -2.60. The molecule has 2 unspecified atom stereocenters. The highest BCUT2D eigenvalue weighted by molar-refractivity contribution is 5.92. The molecule has 0 bridgehead atoms. The third kappa shape index (κ3) is 2.78. The van der Waals surface area contributed by atoms with E-state index in [4.69, 9.17) is 9.47 Å². The predicted molar refractivity (Wildman–Crippen MR) is 79.8 cm³/mol. The number of para-hydroxylation sites is 1. The van der Waals surface area contributed by atoms with Crippen LogP contribution in [0.1, 0.15) is 26.7 Å². The molecule has 0 aromatic heterocycles. The molecule has 1 aliphatic heterocycles. The molecule has 0 aliphatic carbocycles. The van der Waals surface area contributed by atoms with Crippen molar-refractivity contribution in [3.63, 3.8) is 0 Å². The Balaban J connectivity index is 2.45. The van der Waals surface area contributed by atoms with Crippen LogP contribution in [-0.4, -0.2) is 37.9 Å². The third-order valence-corrected chi connectivity index (χ3v) is 3.89. The summed E-state index contributed by atoms with van der Waals surface area (Å²) in [4.78, 5) is 24.9. The van der Waals surface area contributed by atoms with Crippen LogP contribution in [0, 0.1) is 0 Å². The summed E-state index contributed by atoms with van der Waals surface area (Å²) >= 11 is 0. The number of carbonyl (C=O) groups is 2. The number of likely N-dealkylation sites (tertiary alicyclic amines) is 1. The van der Waals surface area contributed by atoms with Gasteiger partial charge in [0, 0.05) is 12.8 Å². The summed E-state index contributed by atoms with van der Waals surface area (Å²) in [5.74, 6) is -0.327. The van der Waals surface area contributed by atoms with E-state index in [1.807, 2.05) is 30.3 Å². The van der Waals surface area contributed by atoms with Crippen molar-refractivity contribution < 1.29 is 19.1 Å². The van der Waals surface area contributed by atoms with E-state index in [1.54, 1.807) is 13.8 Å². The fourth-order valence-corrected chi connectivity index (χ4v) is 3.01. The number of hydrogen-bond donors (Lipinski definition) is 0. The van der Waals surface area contributed by atoms with E-state index in [2.05, 4.69) is 0 Å². The second-order valence-electron chi connectivity index (χ2n) is 5.04. The van der Waals surface area contributed by atoms with Crippen LogP contribution < -0.4 is 4.48 Å². The first-order valence-electron chi connectivity index (χ1n) is 7.44. The van der Waals surface area contributed by atoms with Gasteiger partial charge in [0.05, 0.1) is 19.8 Å². The largest absolute Gasteiger partial charge is 0.521 e. The van der Waals surface area contributed by atoms with Crippen LogP contribution >= 0.6 is 0 Å². The molecule has 0 N–H and O–H groups in total. The highest BCUT2D eigenvalue weighted by Gasteiger charge is 2.55. The minimum Gasteiger partial charge on any atom is -0.462 e. The van der Waals surface area contributed by atoms with Crippen molar-refractivity contribution in [1.29, 1.82) is 0 Å². The molecule has 114 valence electrons. The smallest absolute Gasteiger partial charge is 0.462 e. The average Bonchev–Trinajstić information content (AvgIpc) is 2.94. The molecule has 1 saturated heterocycles. The maximum Gasteiger partial charge on any atom is 0.521 e. The topological polar surface area (TPSA) is 52.6 Å². The summed E-state index contributed by atoms with van der Waals surface area (Å²) in [6.07, 6.45) is 1.04. The second-order valence-corrected chi connectivity index (χ2v) is 5.04. The van der Waals surface area contributed by atoms with Crippen LogP contribution in [-0.2, 0) is 14.3 Å². The first kappa shape index (κ1) is 15.5. The van der Waals surface area contributed by atoms with Crippen molar-refractivity contribution in [3.8, 4) is 0 Å². The molecule has 1 aliphatic rings. The summed E-state index contributed by atoms with van der Waals surface area (Å²) < 4.78 is 10.3. The van der Waals surface area contributed by atoms with Crippen LogP contribution in [0.4, 0.5) is 10.5 Å². The Hall–Kier alpha value is -1.88. The lowest BCUT2D eigenvalue weighted by molar-refractivity contribution is -0.147. The minimum absolute atomic E-state index is 0.0898. The van der Waals surface area contributed by atoms with Crippen molar-refractivity contribution in [2.75, 3.05) is 19.8 Å². The van der Waals surface area contributed by atoms with E-state index >= 15 is 0 Å². The quantitative estimate of drug-likeness (QED) is 0.632. The van der Waals surface area contributed by atoms with Gasteiger partial charge in [-0.2, -0.15) is 9.28 Å². The fraction of sp³-hybridized carbons (Fsp3) is 0.500. The zero-order valence-electron chi connectivity index (χ0n) is 12.6. The maximum atomic E-state index is 12.6. The summed E-state index contributed by atoms with van der Waals surface area (Å²) in [7, 11) is 0. The normalized spacial score (nSPS) is 24.6. The van der Waals surface area contributed by atoms with E-state index in [-0.39, 0.29) is 16.5 Å². The molecule has 1 amide bonds. The molecule has 1 aromatic carbocycles. The Kier molecular flexibility index (Phi) is 4.96. The van der Waals surface area contributed by atoms with E-state index < -0.39 is 6.04 Å². The van der Waals surface area contributed by atoms with Crippen LogP contribution in [0.2, 0.25) is 0 Å². The van der Waals surface area contributed by atoms with E-state index in [0.29, 0.717) is 26.2 Å². The molecule has 2 rings (SSSR count). The molecule has 1 aromatic rings. The molecule has 21 heavy (non-hydrogen) atoms. The van der Waals surface area contributed by atoms with Crippen LogP contribution in [0.25, 0.3) is 0 Å². The Morgan fingerprint density at radius 2 is 1.81 bits per heavy atom. The lowest BCUT2D eigenvalue weighted by Gasteiger charge is -2.33. The van der Waals surface area contributed by atoms with Crippen molar-refractivity contribution in [3.05, 3.63) is 30.3 Å². The SMILES string of the molecule is CCOC(=O)C1CCC[N+]1(C(=O)OCC)c1ccccc1. The van der Waals surface area contributed by atoms with Gasteiger partial charge in [-0.15, -0.1) is 0 Å². The maximum absolute atomic E-state index is 12.6. The van der Waals surface area contributed by atoms with Gasteiger partial charge in [0.15, 0.2) is 0 Å². The molecule has 0 radical (unpaired) electrons. The molecule has 5 heteroatoms. The van der Waals surface area contributed by atoms with Crippen LogP contribution in [0.15, 0.2) is 30.3 Å². The number of nitrogens with zero attached hydrogens (tertiary/aromatic N) is 1. The first-order chi connectivity index (χ1) is 10.2. The Labute approximate surface area is 125 Å². The van der Waals surface area contributed by atoms with Gasteiger partial charge < -0.3 is 9.47 Å². The zero-order valence-corrected chi connectivity index (χ0v) is 12.6. The van der Waals surface area contributed by atoms with Crippen molar-refractivity contribution in [2.24, 2.45) is 0 Å². The van der Waals surface area contributed by atoms with Gasteiger partial charge in [-0.25, -0.2) is 4.79 Å². The number of carbonyl (C=O) groups excluding carboxylic acids is 2. The van der Waals surface area contributed by atoms with Gasteiger partial charge in [0.2, 0.25) is 6.04 Å². The molecular formula is C16H22NO4+. The number of benzene rings is 1. The summed E-state index contributed by atoms with van der Waals surface area (Å²) in [5, 5.41) is 0. The minimum atomic E-state index is -0.522. The second kappa shape index (κ2) is 6.72. The van der Waals surface area contributed by atoms with Crippen LogP contribution in [0.3, 0.4) is 0 Å². The van der Waals surface area contributed by atoms with Crippen molar-refractivity contribution in [1.82, 2.24) is 4.48 Å². The Bertz CT molecular complexity index is 502. The van der Waals surface area contributed by atoms with Gasteiger partial charge in [-0.1, -0.05) is 18.2 Å². The highest BCUT2D eigenvalue weighted by Crippen LogP contribution is 2.36. The van der Waals surface area contributed by atoms with Gasteiger partial charge in [0.1, 0.15) is 5.69 Å². The number of rotatable bonds is 4. The number of amides is 1. The van der Waals surface area contributed by atoms with E-state index in [0.717, 1.165) is 12.1 Å². The van der Waals surface area contributed by atoms with Gasteiger partial charge in [-0.3, -0.25) is 0 Å². The van der Waals surface area contributed by atoms with E-state index in [1.165, 1.54) is 0 Å². The number of quaternary nitrogens is 1. The third-order valence-electron chi connectivity index (χ3n) is 3.89. The molecule has 1 fully saturated rings. The number of esters is 1. The Morgan fingerprint density at radius 3 is 2.43 bits per heavy atom. The summed E-state index contributed by atoms with van der Waals surface area (Å²) in [6, 6.07) is 8.85. The van der Waals surface area contributed by atoms with Gasteiger partial charge in [-0.05, 0) is 26.0 Å². The van der Waals surface area contributed by atoms with Crippen molar-refractivity contribution in [2.45, 2.75) is 32.7 Å². The molecule has 1 heterocycles. The van der Waals surface area contributed by atoms with Crippen molar-refractivity contribution >= 4 is 17.7 Å². The lowest BCUT2D eigenvalue weighted by atomic mass is 10.1. The molecule has 5 nitrogen and oxygen atoms in total. The Morgan fingerprint density at radius 1 is 1.14 bits per heavy atom. The molecule has 0 saturated carbocycles. The van der Waals surface area contributed by atoms with Gasteiger partial charge in [0.25, 0.3) is 0 Å². The van der Waals surface area contributed by atoms with Gasteiger partial charge >= 0.3 is 12.1 Å². The monoisotopic (exact) mass is 292 g/mol. The highest BCUT2D eigenvalue weighted by atomic mass is 16.6.